The number of ether oxygens (including phenoxy) is 1. The number of rotatable bonds is 11. The minimum Gasteiger partial charge on any atom is -0.449 e. The molecule has 0 aliphatic heterocycles. The Morgan fingerprint density at radius 3 is 1.95 bits per heavy atom. The van der Waals surface area contributed by atoms with E-state index < -0.39 is 12.1 Å². The summed E-state index contributed by atoms with van der Waals surface area (Å²) < 4.78 is 4.20. The Balaban J connectivity index is 3.56. The molecule has 0 spiro atoms. The van der Waals surface area contributed by atoms with E-state index in [1.807, 2.05) is 6.92 Å². The predicted molar refractivity (Wildman–Crippen MR) is 75.1 cm³/mol. The van der Waals surface area contributed by atoms with Crippen LogP contribution in [-0.4, -0.2) is 17.2 Å². The number of esters is 1. The number of hydrogen-bond acceptors (Lipinski definition) is 3. The first-order chi connectivity index (χ1) is 9.11. The second-order valence-corrected chi connectivity index (χ2v) is 5.06. The molecule has 0 fully saturated rings. The summed E-state index contributed by atoms with van der Waals surface area (Å²) >= 11 is 0. The zero-order valence-corrected chi connectivity index (χ0v) is 12.3. The van der Waals surface area contributed by atoms with Crippen molar-refractivity contribution in [3.8, 4) is 0 Å². The van der Waals surface area contributed by atoms with Gasteiger partial charge in [-0.3, -0.25) is 4.79 Å². The Hall–Kier alpha value is -1.06. The van der Waals surface area contributed by atoms with E-state index in [1.165, 1.54) is 38.5 Å². The lowest BCUT2D eigenvalue weighted by Crippen LogP contribution is -2.19. The molecule has 0 aromatic carbocycles. The Kier molecular flexibility index (Phi) is 11.3. The van der Waals surface area contributed by atoms with Crippen LogP contribution in [0.4, 0.5) is 4.79 Å². The van der Waals surface area contributed by atoms with Gasteiger partial charge in [-0.2, -0.15) is 0 Å². The Labute approximate surface area is 116 Å². The smallest absolute Gasteiger partial charge is 0.449 e. The fourth-order valence-electron chi connectivity index (χ4n) is 2.18. The fraction of sp³-hybridized carbons (Fsp3) is 0.867. The quantitative estimate of drug-likeness (QED) is 0.334. The average Bonchev–Trinajstić information content (AvgIpc) is 2.36. The SMILES string of the molecule is CCCCCCCCCCC(CC)C(=O)OC(=O)O. The average molecular weight is 272 g/mol. The van der Waals surface area contributed by atoms with Crippen molar-refractivity contribution in [1.29, 1.82) is 0 Å². The van der Waals surface area contributed by atoms with E-state index in [0.29, 0.717) is 6.42 Å². The highest BCUT2D eigenvalue weighted by molar-refractivity contribution is 5.82. The summed E-state index contributed by atoms with van der Waals surface area (Å²) in [5.74, 6) is -0.867. The standard InChI is InChI=1S/C15H28O4/c1-3-5-6-7-8-9-10-11-12-13(4-2)14(16)19-15(17)18/h13H,3-12H2,1-2H3,(H,17,18). The van der Waals surface area contributed by atoms with Crippen molar-refractivity contribution >= 4 is 12.1 Å². The first kappa shape index (κ1) is 17.9. The van der Waals surface area contributed by atoms with Crippen LogP contribution in [0.25, 0.3) is 0 Å². The van der Waals surface area contributed by atoms with Crippen molar-refractivity contribution in [3.05, 3.63) is 0 Å². The number of hydrogen-bond donors (Lipinski definition) is 1. The molecule has 0 aliphatic rings. The second kappa shape index (κ2) is 12.0. The van der Waals surface area contributed by atoms with E-state index in [1.54, 1.807) is 0 Å². The molecule has 0 heterocycles. The molecule has 0 aromatic rings. The van der Waals surface area contributed by atoms with E-state index in [0.717, 1.165) is 19.3 Å². The number of unbranched alkanes of at least 4 members (excludes halogenated alkanes) is 7. The minimum absolute atomic E-state index is 0.267. The summed E-state index contributed by atoms with van der Waals surface area (Å²) in [7, 11) is 0. The molecule has 1 N–H and O–H groups in total. The summed E-state index contributed by atoms with van der Waals surface area (Å²) in [6.45, 7) is 4.10. The van der Waals surface area contributed by atoms with Gasteiger partial charge in [0.1, 0.15) is 0 Å². The molecule has 0 saturated carbocycles. The number of carboxylic acid groups (broad SMARTS) is 1. The molecule has 1 atom stereocenters. The molecule has 0 bridgehead atoms. The van der Waals surface area contributed by atoms with Crippen LogP contribution >= 0.6 is 0 Å². The van der Waals surface area contributed by atoms with Crippen LogP contribution < -0.4 is 0 Å². The Morgan fingerprint density at radius 1 is 0.947 bits per heavy atom. The topological polar surface area (TPSA) is 63.6 Å². The van der Waals surface area contributed by atoms with Gasteiger partial charge in [-0.25, -0.2) is 4.79 Å². The first-order valence-electron chi connectivity index (χ1n) is 7.56. The summed E-state index contributed by atoms with van der Waals surface area (Å²) in [6.07, 6.45) is 9.63. The molecule has 0 rings (SSSR count). The van der Waals surface area contributed by atoms with Crippen molar-refractivity contribution in [2.24, 2.45) is 5.92 Å². The fourth-order valence-corrected chi connectivity index (χ4v) is 2.18. The van der Waals surface area contributed by atoms with Crippen molar-refractivity contribution in [2.45, 2.75) is 78.1 Å². The van der Waals surface area contributed by atoms with E-state index in [-0.39, 0.29) is 5.92 Å². The summed E-state index contributed by atoms with van der Waals surface area (Å²) in [4.78, 5) is 21.7. The molecule has 0 radical (unpaired) electrons. The predicted octanol–water partition coefficient (Wildman–Crippen LogP) is 4.76. The van der Waals surface area contributed by atoms with Crippen LogP contribution in [0.3, 0.4) is 0 Å². The number of carbonyl (C=O) groups is 2. The first-order valence-corrected chi connectivity index (χ1v) is 7.56. The molecule has 1 unspecified atom stereocenters. The third-order valence-corrected chi connectivity index (χ3v) is 3.42. The van der Waals surface area contributed by atoms with Crippen molar-refractivity contribution in [2.75, 3.05) is 0 Å². The van der Waals surface area contributed by atoms with E-state index in [4.69, 9.17) is 5.11 Å². The van der Waals surface area contributed by atoms with Crippen molar-refractivity contribution in [1.82, 2.24) is 0 Å². The van der Waals surface area contributed by atoms with E-state index in [9.17, 15) is 9.59 Å². The van der Waals surface area contributed by atoms with Crippen LogP contribution in [0.15, 0.2) is 0 Å². The molecule has 112 valence electrons. The van der Waals surface area contributed by atoms with Gasteiger partial charge in [-0.15, -0.1) is 0 Å². The van der Waals surface area contributed by atoms with Gasteiger partial charge in [0, 0.05) is 0 Å². The maximum atomic E-state index is 11.4. The zero-order valence-electron chi connectivity index (χ0n) is 12.3. The highest BCUT2D eigenvalue weighted by atomic mass is 16.7. The lowest BCUT2D eigenvalue weighted by Gasteiger charge is -2.11. The largest absolute Gasteiger partial charge is 0.513 e. The molecular weight excluding hydrogens is 244 g/mol. The second-order valence-electron chi connectivity index (χ2n) is 5.06. The molecule has 4 nitrogen and oxygen atoms in total. The van der Waals surface area contributed by atoms with Gasteiger partial charge in [0.05, 0.1) is 5.92 Å². The molecule has 0 aliphatic carbocycles. The summed E-state index contributed by atoms with van der Waals surface area (Å²) in [5, 5.41) is 8.40. The normalized spacial score (nSPS) is 12.1. The van der Waals surface area contributed by atoms with Gasteiger partial charge in [-0.1, -0.05) is 65.2 Å². The lowest BCUT2D eigenvalue weighted by atomic mass is 9.98. The zero-order chi connectivity index (χ0) is 14.5. The monoisotopic (exact) mass is 272 g/mol. The molecular formula is C15H28O4. The molecule has 0 aromatic heterocycles. The maximum absolute atomic E-state index is 11.4. The lowest BCUT2D eigenvalue weighted by molar-refractivity contribution is -0.144. The maximum Gasteiger partial charge on any atom is 0.513 e. The number of carbonyl (C=O) groups excluding carboxylic acids is 1. The third-order valence-electron chi connectivity index (χ3n) is 3.42. The van der Waals surface area contributed by atoms with Gasteiger partial charge in [0.15, 0.2) is 0 Å². The van der Waals surface area contributed by atoms with Gasteiger partial charge in [-0.05, 0) is 12.8 Å². The van der Waals surface area contributed by atoms with Crippen LogP contribution in [0.2, 0.25) is 0 Å². The molecule has 4 heteroatoms. The highest BCUT2D eigenvalue weighted by Gasteiger charge is 2.20. The van der Waals surface area contributed by atoms with Gasteiger partial charge in [0.25, 0.3) is 0 Å². The summed E-state index contributed by atoms with van der Waals surface area (Å²) in [6, 6.07) is 0. The van der Waals surface area contributed by atoms with E-state index in [2.05, 4.69) is 11.7 Å². The van der Waals surface area contributed by atoms with Crippen molar-refractivity contribution in [3.63, 3.8) is 0 Å². The van der Waals surface area contributed by atoms with Crippen LogP contribution in [-0.2, 0) is 9.53 Å². The molecule has 0 amide bonds. The van der Waals surface area contributed by atoms with Gasteiger partial charge >= 0.3 is 12.1 Å². The third kappa shape index (κ3) is 10.5. The molecule has 19 heavy (non-hydrogen) atoms. The molecule has 0 saturated heterocycles. The van der Waals surface area contributed by atoms with Crippen LogP contribution in [0, 0.1) is 5.92 Å². The Bertz CT molecular complexity index is 251. The van der Waals surface area contributed by atoms with Gasteiger partial charge < -0.3 is 9.84 Å². The summed E-state index contributed by atoms with van der Waals surface area (Å²) in [5.41, 5.74) is 0. The minimum atomic E-state index is -1.50. The van der Waals surface area contributed by atoms with Gasteiger partial charge in [0.2, 0.25) is 0 Å². The van der Waals surface area contributed by atoms with Crippen molar-refractivity contribution < 1.29 is 19.4 Å². The van der Waals surface area contributed by atoms with Crippen LogP contribution in [0.1, 0.15) is 78.1 Å². The highest BCUT2D eigenvalue weighted by Crippen LogP contribution is 2.17. The van der Waals surface area contributed by atoms with Crippen LogP contribution in [0.5, 0.6) is 0 Å². The Morgan fingerprint density at radius 2 is 1.47 bits per heavy atom. The van der Waals surface area contributed by atoms with E-state index >= 15 is 0 Å².